The Balaban J connectivity index is 1.25. The predicted molar refractivity (Wildman–Crippen MR) is 206 cm³/mol. The topological polar surface area (TPSA) is 0 Å². The van der Waals surface area contributed by atoms with E-state index in [0.717, 1.165) is 0 Å². The second-order valence-corrected chi connectivity index (χ2v) is 13.5. The van der Waals surface area contributed by atoms with Gasteiger partial charge in [-0.1, -0.05) is 146 Å². The maximum atomic E-state index is 2.38. The molecule has 218 valence electrons. The quantitative estimate of drug-likeness (QED) is 0.138. The number of hydrogen-bond acceptors (Lipinski definition) is 1. The summed E-state index contributed by atoms with van der Waals surface area (Å²) in [4.78, 5) is 0. The highest BCUT2D eigenvalue weighted by Gasteiger charge is 2.19. The van der Waals surface area contributed by atoms with Crippen LogP contribution in [0.15, 0.2) is 170 Å². The highest BCUT2D eigenvalue weighted by Crippen LogP contribution is 2.47. The molecule has 0 aliphatic rings. The molecule has 9 aromatic carbocycles. The molecule has 0 bridgehead atoms. The zero-order valence-corrected chi connectivity index (χ0v) is 26.4. The molecule has 0 atom stereocenters. The van der Waals surface area contributed by atoms with Crippen LogP contribution in [0.2, 0.25) is 0 Å². The van der Waals surface area contributed by atoms with Gasteiger partial charge in [-0.05, 0) is 101 Å². The summed E-state index contributed by atoms with van der Waals surface area (Å²) in [5.74, 6) is 0. The first-order valence-electron chi connectivity index (χ1n) is 16.2. The van der Waals surface area contributed by atoms with Crippen LogP contribution in [0.25, 0.3) is 96.6 Å². The summed E-state index contributed by atoms with van der Waals surface area (Å²) in [5, 5.41) is 12.9. The lowest BCUT2D eigenvalue weighted by Gasteiger charge is -2.19. The number of thiophene rings is 1. The summed E-state index contributed by atoms with van der Waals surface area (Å²) in [6.45, 7) is 0. The van der Waals surface area contributed by atoms with Gasteiger partial charge in [0.15, 0.2) is 0 Å². The van der Waals surface area contributed by atoms with Crippen LogP contribution in [-0.2, 0) is 0 Å². The molecule has 0 saturated carbocycles. The molecule has 0 N–H and O–H groups in total. The molecule has 0 radical (unpaired) electrons. The third-order valence-corrected chi connectivity index (χ3v) is 11.0. The normalized spacial score (nSPS) is 11.8. The molecule has 0 aliphatic carbocycles. The van der Waals surface area contributed by atoms with Crippen molar-refractivity contribution >= 4 is 74.6 Å². The van der Waals surface area contributed by atoms with E-state index in [9.17, 15) is 0 Å². The van der Waals surface area contributed by atoms with Gasteiger partial charge in [0.25, 0.3) is 0 Å². The standard InChI is InChI=1S/C46H28S/c1-2-15-34-29(11-1)23-24-30-12-10-21-40(44(30)34)46-38-19-5-3-17-36(38)45(37-18-4-6-20-39(37)46)33-14-9-13-31(27-33)32-25-26-43-41(28-32)35-16-7-8-22-42(35)47-43/h1-28H. The van der Waals surface area contributed by atoms with E-state index in [-0.39, 0.29) is 0 Å². The summed E-state index contributed by atoms with van der Waals surface area (Å²) in [7, 11) is 0. The van der Waals surface area contributed by atoms with Gasteiger partial charge in [0, 0.05) is 20.2 Å². The second kappa shape index (κ2) is 10.4. The summed E-state index contributed by atoms with van der Waals surface area (Å²) < 4.78 is 2.67. The molecule has 10 rings (SSSR count). The Hall–Kier alpha value is -5.76. The largest absolute Gasteiger partial charge is 0.135 e. The van der Waals surface area contributed by atoms with Crippen molar-refractivity contribution < 1.29 is 0 Å². The van der Waals surface area contributed by atoms with Crippen molar-refractivity contribution in [3.8, 4) is 33.4 Å². The maximum absolute atomic E-state index is 2.38. The zero-order chi connectivity index (χ0) is 30.9. The van der Waals surface area contributed by atoms with Gasteiger partial charge >= 0.3 is 0 Å². The van der Waals surface area contributed by atoms with Crippen LogP contribution in [0.3, 0.4) is 0 Å². The van der Waals surface area contributed by atoms with Crippen LogP contribution >= 0.6 is 11.3 Å². The van der Waals surface area contributed by atoms with E-state index in [1.807, 2.05) is 11.3 Å². The van der Waals surface area contributed by atoms with Gasteiger partial charge < -0.3 is 0 Å². The predicted octanol–water partition coefficient (Wildman–Crippen LogP) is 13.7. The Morgan fingerprint density at radius 3 is 1.64 bits per heavy atom. The monoisotopic (exact) mass is 612 g/mol. The molecule has 1 aromatic heterocycles. The Morgan fingerprint density at radius 2 is 0.851 bits per heavy atom. The number of hydrogen-bond donors (Lipinski definition) is 0. The van der Waals surface area contributed by atoms with Crippen molar-refractivity contribution in [3.63, 3.8) is 0 Å². The fourth-order valence-corrected chi connectivity index (χ4v) is 8.84. The minimum atomic E-state index is 1.23. The van der Waals surface area contributed by atoms with Crippen molar-refractivity contribution in [2.45, 2.75) is 0 Å². The lowest BCUT2D eigenvalue weighted by Crippen LogP contribution is -1.92. The van der Waals surface area contributed by atoms with E-state index in [0.29, 0.717) is 0 Å². The third kappa shape index (κ3) is 4.07. The SMILES string of the molecule is c1cc(-c2ccc3sc4ccccc4c3c2)cc(-c2c3ccccc3c(-c3cccc4ccc5ccccc5c34)c3ccccc23)c1. The molecule has 0 spiro atoms. The first-order valence-corrected chi connectivity index (χ1v) is 17.0. The molecular weight excluding hydrogens is 585 g/mol. The average molecular weight is 613 g/mol. The fraction of sp³-hybridized carbons (Fsp3) is 0. The molecule has 1 heteroatoms. The van der Waals surface area contributed by atoms with E-state index >= 15 is 0 Å². The summed E-state index contributed by atoms with van der Waals surface area (Å²) in [6.07, 6.45) is 0. The van der Waals surface area contributed by atoms with Crippen molar-refractivity contribution in [1.82, 2.24) is 0 Å². The lowest BCUT2D eigenvalue weighted by molar-refractivity contribution is 1.63. The zero-order valence-electron chi connectivity index (χ0n) is 25.6. The van der Waals surface area contributed by atoms with Gasteiger partial charge in [0.2, 0.25) is 0 Å². The summed E-state index contributed by atoms with van der Waals surface area (Å²) >= 11 is 1.87. The van der Waals surface area contributed by atoms with Crippen LogP contribution in [0.1, 0.15) is 0 Å². The van der Waals surface area contributed by atoms with Gasteiger partial charge in [-0.3, -0.25) is 0 Å². The van der Waals surface area contributed by atoms with Crippen molar-refractivity contribution in [1.29, 1.82) is 0 Å². The van der Waals surface area contributed by atoms with E-state index < -0.39 is 0 Å². The Bertz CT molecular complexity index is 2800. The van der Waals surface area contributed by atoms with Gasteiger partial charge in [-0.2, -0.15) is 0 Å². The third-order valence-electron chi connectivity index (χ3n) is 9.83. The smallest absolute Gasteiger partial charge is 0.0355 e. The maximum Gasteiger partial charge on any atom is 0.0355 e. The fourth-order valence-electron chi connectivity index (χ4n) is 7.76. The Morgan fingerprint density at radius 1 is 0.298 bits per heavy atom. The molecule has 0 amide bonds. The second-order valence-electron chi connectivity index (χ2n) is 12.4. The van der Waals surface area contributed by atoms with Crippen LogP contribution < -0.4 is 0 Å². The number of fused-ring (bicyclic) bond motifs is 8. The molecule has 1 heterocycles. The molecule has 0 fully saturated rings. The highest BCUT2D eigenvalue weighted by atomic mass is 32.1. The Labute approximate surface area is 276 Å². The van der Waals surface area contributed by atoms with Crippen LogP contribution in [-0.4, -0.2) is 0 Å². The van der Waals surface area contributed by atoms with Crippen molar-refractivity contribution in [2.75, 3.05) is 0 Å². The minimum absolute atomic E-state index is 1.23. The van der Waals surface area contributed by atoms with Crippen molar-refractivity contribution in [3.05, 3.63) is 170 Å². The van der Waals surface area contributed by atoms with Gasteiger partial charge in [-0.15, -0.1) is 11.3 Å². The number of benzene rings is 9. The van der Waals surface area contributed by atoms with Gasteiger partial charge in [0.1, 0.15) is 0 Å². The van der Waals surface area contributed by atoms with Crippen molar-refractivity contribution in [2.24, 2.45) is 0 Å². The minimum Gasteiger partial charge on any atom is -0.135 e. The van der Waals surface area contributed by atoms with E-state index in [1.165, 1.54) is 96.6 Å². The highest BCUT2D eigenvalue weighted by molar-refractivity contribution is 7.25. The van der Waals surface area contributed by atoms with Gasteiger partial charge in [-0.25, -0.2) is 0 Å². The van der Waals surface area contributed by atoms with Crippen LogP contribution in [0, 0.1) is 0 Å². The Kier molecular flexibility index (Phi) is 5.85. The molecule has 0 aliphatic heterocycles. The van der Waals surface area contributed by atoms with E-state index in [4.69, 9.17) is 0 Å². The molecule has 0 nitrogen and oxygen atoms in total. The lowest BCUT2D eigenvalue weighted by atomic mass is 9.83. The van der Waals surface area contributed by atoms with E-state index in [2.05, 4.69) is 170 Å². The van der Waals surface area contributed by atoms with E-state index in [1.54, 1.807) is 0 Å². The first kappa shape index (κ1) is 26.5. The molecule has 47 heavy (non-hydrogen) atoms. The summed E-state index contributed by atoms with van der Waals surface area (Å²) in [6, 6.07) is 62.8. The van der Waals surface area contributed by atoms with Gasteiger partial charge in [0.05, 0.1) is 0 Å². The molecule has 10 aromatic rings. The molecular formula is C46H28S. The molecule has 0 saturated heterocycles. The number of rotatable bonds is 3. The summed E-state index contributed by atoms with van der Waals surface area (Å²) in [5.41, 5.74) is 7.58. The van der Waals surface area contributed by atoms with Crippen LogP contribution in [0.4, 0.5) is 0 Å². The molecule has 0 unspecified atom stereocenters. The first-order chi connectivity index (χ1) is 23.3. The average Bonchev–Trinajstić information content (AvgIpc) is 3.51. The van der Waals surface area contributed by atoms with Crippen LogP contribution in [0.5, 0.6) is 0 Å².